The molecule has 0 spiro atoms. The number of hydrogen-bond donors (Lipinski definition) is 4. The number of carbonyl (C=O) groups excluding carboxylic acids is 8. The first kappa shape index (κ1) is 64.3. The number of esters is 2. The van der Waals surface area contributed by atoms with E-state index >= 15 is 0 Å². The van der Waals surface area contributed by atoms with Crippen molar-refractivity contribution in [2.24, 2.45) is 17.8 Å². The number of nitrogens with one attached hydrogen (secondary N) is 3. The van der Waals surface area contributed by atoms with E-state index in [1.54, 1.807) is 92.9 Å². The van der Waals surface area contributed by atoms with Crippen LogP contribution in [-0.4, -0.2) is 175 Å². The van der Waals surface area contributed by atoms with Gasteiger partial charge in [-0.3, -0.25) is 28.9 Å². The number of amides is 6. The van der Waals surface area contributed by atoms with Gasteiger partial charge in [-0.15, -0.1) is 0 Å². The Bertz CT molecular complexity index is 2130. The number of benzene rings is 1. The Kier molecular flexibility index (Phi) is 25.9. The van der Waals surface area contributed by atoms with Gasteiger partial charge in [0, 0.05) is 52.1 Å². The smallest absolute Gasteiger partial charge is 0.410 e. The minimum Gasteiger partial charge on any atom is -0.456 e. The Hall–Kier alpha value is -5.86. The zero-order chi connectivity index (χ0) is 56.4. The summed E-state index contributed by atoms with van der Waals surface area (Å²) in [4.78, 5) is 116. The molecule has 20 heteroatoms. The van der Waals surface area contributed by atoms with Gasteiger partial charge < -0.3 is 54.7 Å². The van der Waals surface area contributed by atoms with Crippen LogP contribution in [0.15, 0.2) is 53.6 Å². The molecule has 10 atom stereocenters. The highest BCUT2D eigenvalue weighted by Gasteiger charge is 2.38. The van der Waals surface area contributed by atoms with Gasteiger partial charge in [0.25, 0.3) is 5.91 Å². The van der Waals surface area contributed by atoms with Gasteiger partial charge in [-0.25, -0.2) is 14.4 Å². The second-order valence-electron chi connectivity index (χ2n) is 21.0. The van der Waals surface area contributed by atoms with E-state index in [2.05, 4.69) is 16.0 Å². The molecule has 1 aromatic carbocycles. The van der Waals surface area contributed by atoms with Crippen molar-refractivity contribution in [3.05, 3.63) is 59.2 Å². The van der Waals surface area contributed by atoms with Crippen molar-refractivity contribution in [1.82, 2.24) is 35.6 Å². The molecule has 1 aliphatic rings. The van der Waals surface area contributed by atoms with E-state index in [1.165, 1.54) is 55.6 Å². The number of rotatable bonds is 13. The van der Waals surface area contributed by atoms with E-state index in [9.17, 15) is 43.5 Å². The van der Waals surface area contributed by atoms with Crippen molar-refractivity contribution in [3.8, 4) is 0 Å². The van der Waals surface area contributed by atoms with Gasteiger partial charge in [0.15, 0.2) is 6.10 Å². The normalized spacial score (nSPS) is 26.0. The summed E-state index contributed by atoms with van der Waals surface area (Å²) in [7, 11) is 5.98. The van der Waals surface area contributed by atoms with Gasteiger partial charge in [-0.1, -0.05) is 83.5 Å². The van der Waals surface area contributed by atoms with Crippen LogP contribution < -0.4 is 16.0 Å². The molecule has 1 aromatic rings. The lowest BCUT2D eigenvalue weighted by Gasteiger charge is -2.35. The maximum absolute atomic E-state index is 14.3. The van der Waals surface area contributed by atoms with Crippen molar-refractivity contribution < 1.29 is 62.4 Å². The number of ether oxygens (including phenoxy) is 4. The number of nitrogens with zero attached hydrogens (tertiary/aromatic N) is 4. The average Bonchev–Trinajstić information content (AvgIpc) is 3.33. The molecule has 2 unspecified atom stereocenters. The molecule has 0 aliphatic carbocycles. The third-order valence-electron chi connectivity index (χ3n) is 13.0. The molecular formula is C54H87N7O13. The number of aliphatic hydroxyl groups is 1. The first-order valence-corrected chi connectivity index (χ1v) is 25.6. The largest absolute Gasteiger partial charge is 0.456 e. The Balaban J connectivity index is 2.72. The van der Waals surface area contributed by atoms with E-state index < -0.39 is 120 Å². The number of allylic oxidation sites excluding steroid dienone is 1. The summed E-state index contributed by atoms with van der Waals surface area (Å²) < 4.78 is 23.7. The zero-order valence-corrected chi connectivity index (χ0v) is 47.0. The number of aliphatic hydroxyl groups excluding tert-OH is 1. The van der Waals surface area contributed by atoms with Crippen LogP contribution in [0.4, 0.5) is 4.79 Å². The molecule has 0 aromatic heterocycles. The Morgan fingerprint density at radius 1 is 0.905 bits per heavy atom. The molecule has 0 saturated heterocycles. The van der Waals surface area contributed by atoms with Gasteiger partial charge >= 0.3 is 18.0 Å². The fourth-order valence-corrected chi connectivity index (χ4v) is 7.83. The van der Waals surface area contributed by atoms with Crippen LogP contribution in [0.1, 0.15) is 115 Å². The lowest BCUT2D eigenvalue weighted by Crippen LogP contribution is -2.57. The highest BCUT2D eigenvalue weighted by molar-refractivity contribution is 5.96. The van der Waals surface area contributed by atoms with Crippen molar-refractivity contribution in [1.29, 1.82) is 0 Å². The third kappa shape index (κ3) is 20.5. The second kappa shape index (κ2) is 29.9. The summed E-state index contributed by atoms with van der Waals surface area (Å²) in [6, 6.07) is 4.27. The summed E-state index contributed by atoms with van der Waals surface area (Å²) in [5, 5.41) is 19.6. The highest BCUT2D eigenvalue weighted by atomic mass is 16.6. The molecular weight excluding hydrogens is 955 g/mol. The molecule has 0 fully saturated rings. The van der Waals surface area contributed by atoms with Crippen molar-refractivity contribution in [2.45, 2.75) is 170 Å². The Labute approximate surface area is 439 Å². The van der Waals surface area contributed by atoms with Gasteiger partial charge in [0.1, 0.15) is 35.9 Å². The van der Waals surface area contributed by atoms with Crippen LogP contribution in [0.25, 0.3) is 0 Å². The predicted molar refractivity (Wildman–Crippen MR) is 279 cm³/mol. The first-order chi connectivity index (χ1) is 34.4. The first-order valence-electron chi connectivity index (χ1n) is 25.6. The molecule has 0 radical (unpaired) electrons. The molecule has 416 valence electrons. The fourth-order valence-electron chi connectivity index (χ4n) is 7.83. The number of hydrogen-bond acceptors (Lipinski definition) is 14. The van der Waals surface area contributed by atoms with Gasteiger partial charge in [0.2, 0.25) is 30.0 Å². The van der Waals surface area contributed by atoms with E-state index in [4.69, 9.17) is 18.9 Å². The fraction of sp³-hybridized carbons (Fsp3) is 0.667. The summed E-state index contributed by atoms with van der Waals surface area (Å²) in [6.07, 6.45) is -1.60. The van der Waals surface area contributed by atoms with E-state index in [-0.39, 0.29) is 43.8 Å². The van der Waals surface area contributed by atoms with Crippen LogP contribution in [0.5, 0.6) is 0 Å². The van der Waals surface area contributed by atoms with Crippen molar-refractivity contribution in [2.75, 3.05) is 47.8 Å². The summed E-state index contributed by atoms with van der Waals surface area (Å²) in [5.41, 5.74) is 0.683. The van der Waals surface area contributed by atoms with E-state index in [0.717, 1.165) is 10.5 Å². The second-order valence-corrected chi connectivity index (χ2v) is 21.0. The third-order valence-corrected chi connectivity index (χ3v) is 13.0. The van der Waals surface area contributed by atoms with Crippen LogP contribution in [-0.2, 0) is 58.9 Å². The van der Waals surface area contributed by atoms with Crippen LogP contribution >= 0.6 is 0 Å². The molecule has 0 bridgehead atoms. The molecule has 4 N–H and O–H groups in total. The number of carbonyl (C=O) groups is 8. The standard InChI is InChI=1S/C54H87N7O13/c1-18-33(5)44-47(64)56-38(10)51(68)73-45(34(6)19-2)36(8)41(72-52(69)58(14)27-28-59(15)53(70)74-54(11,12)13)26-25-35(7)50(67)71-42(29-32(3)4)46(63)55-37(9)48(65)61(17)40(30-39-23-21-20-22-24-39)49(66)60(16)31-43(62)57-44/h19-25,32-33,36-38,40-42,44-45,52,69H,18,26-31H2,1-17H3,(H,55,63)(H,56,64)(H,57,62)/b34-19+,35-25+/t33?,36-,37-,38+,40+,41-,42+,44-,45+,52?/m0/s1. The zero-order valence-electron chi connectivity index (χ0n) is 47.0. The molecule has 0 saturated carbocycles. The maximum atomic E-state index is 14.3. The molecule has 20 nitrogen and oxygen atoms in total. The highest BCUT2D eigenvalue weighted by Crippen LogP contribution is 2.27. The monoisotopic (exact) mass is 1040 g/mol. The van der Waals surface area contributed by atoms with Crippen LogP contribution in [0.3, 0.4) is 0 Å². The number of likely N-dealkylation sites (N-methyl/N-ethyl adjacent to an activating group) is 4. The van der Waals surface area contributed by atoms with E-state index in [1.807, 2.05) is 26.8 Å². The van der Waals surface area contributed by atoms with Crippen LogP contribution in [0.2, 0.25) is 0 Å². The predicted octanol–water partition coefficient (Wildman–Crippen LogP) is 4.34. The molecule has 6 amide bonds. The molecule has 1 aliphatic heterocycles. The summed E-state index contributed by atoms with van der Waals surface area (Å²) in [5.74, 6) is -6.26. The SMILES string of the molecule is C/C=C(\C)[C@H]1OC(=O)[C@@H](C)NC(=O)[C@H](C(C)CC)NC(=O)CN(C)C(=O)[C@@H](Cc2ccccc2)N(C)C(=O)[C@H](C)NC(=O)[C@@H](CC(C)C)OC(=O)/C(C)=C/C[C@H](OC(O)N(C)CCN(C)C(=O)OC(C)(C)C)[C@@H]1C. The van der Waals surface area contributed by atoms with Gasteiger partial charge in [0.05, 0.1) is 12.6 Å². The van der Waals surface area contributed by atoms with Gasteiger partial charge in [-0.2, -0.15) is 0 Å². The van der Waals surface area contributed by atoms with Gasteiger partial charge in [-0.05, 0) is 98.3 Å². The minimum atomic E-state index is -1.57. The molecule has 74 heavy (non-hydrogen) atoms. The Morgan fingerprint density at radius 3 is 2.08 bits per heavy atom. The lowest BCUT2D eigenvalue weighted by molar-refractivity contribution is -0.225. The topological polar surface area (TPSA) is 243 Å². The molecule has 2 rings (SSSR count). The average molecular weight is 1040 g/mol. The number of cyclic esters (lactones) is 2. The molecule has 1 heterocycles. The summed E-state index contributed by atoms with van der Waals surface area (Å²) >= 11 is 0. The Morgan fingerprint density at radius 2 is 1.51 bits per heavy atom. The maximum Gasteiger partial charge on any atom is 0.410 e. The van der Waals surface area contributed by atoms with Crippen molar-refractivity contribution in [3.63, 3.8) is 0 Å². The minimum absolute atomic E-state index is 0.0462. The van der Waals surface area contributed by atoms with E-state index in [0.29, 0.717) is 12.0 Å². The van der Waals surface area contributed by atoms with Crippen molar-refractivity contribution >= 4 is 47.6 Å². The van der Waals surface area contributed by atoms with Crippen LogP contribution in [0, 0.1) is 17.8 Å². The quantitative estimate of drug-likeness (QED) is 0.0931. The summed E-state index contributed by atoms with van der Waals surface area (Å²) in [6.45, 7) is 22.0. The lowest BCUT2D eigenvalue weighted by atomic mass is 9.90.